The van der Waals surface area contributed by atoms with Gasteiger partial charge < -0.3 is 4.74 Å². The Balaban J connectivity index is 2.31. The average Bonchev–Trinajstić information content (AvgIpc) is 2.41. The molecule has 2 aromatic carbocycles. The molecule has 2 rings (SSSR count). The van der Waals surface area contributed by atoms with Crippen molar-refractivity contribution in [2.75, 3.05) is 0 Å². The van der Waals surface area contributed by atoms with E-state index in [1.165, 1.54) is 6.92 Å². The fourth-order valence-corrected chi connectivity index (χ4v) is 2.28. The smallest absolute Gasteiger partial charge is 0.308 e. The molecule has 0 aliphatic carbocycles. The number of carbonyl (C=O) groups is 2. The van der Waals surface area contributed by atoms with E-state index in [0.717, 1.165) is 11.1 Å². The number of ketones is 1. The van der Waals surface area contributed by atoms with Crippen LogP contribution in [0.5, 0.6) is 5.75 Å². The van der Waals surface area contributed by atoms with Crippen molar-refractivity contribution < 1.29 is 14.3 Å². The molecule has 0 spiro atoms. The molecule has 0 heterocycles. The Hall–Kier alpha value is -1.94. The molecule has 0 radical (unpaired) electrons. The third kappa shape index (κ3) is 3.33. The van der Waals surface area contributed by atoms with E-state index in [4.69, 9.17) is 4.74 Å². The molecule has 0 saturated carbocycles. The Kier molecular flexibility index (Phi) is 4.35. The van der Waals surface area contributed by atoms with Crippen molar-refractivity contribution in [1.29, 1.82) is 0 Å². The second kappa shape index (κ2) is 6.01. The lowest BCUT2D eigenvalue weighted by Gasteiger charge is -2.07. The van der Waals surface area contributed by atoms with Crippen LogP contribution in [0.25, 0.3) is 11.1 Å². The van der Waals surface area contributed by atoms with E-state index in [2.05, 4.69) is 15.9 Å². The lowest BCUT2D eigenvalue weighted by atomic mass is 10.0. The van der Waals surface area contributed by atoms with Crippen LogP contribution in [0.2, 0.25) is 0 Å². The zero-order valence-electron chi connectivity index (χ0n) is 11.1. The molecule has 102 valence electrons. The van der Waals surface area contributed by atoms with Gasteiger partial charge in [0.2, 0.25) is 0 Å². The molecular formula is C16H13BrO3. The molecule has 0 aromatic heterocycles. The molecule has 0 amide bonds. The molecule has 0 atom stereocenters. The molecule has 0 unspecified atom stereocenters. The van der Waals surface area contributed by atoms with Crippen LogP contribution in [0.4, 0.5) is 0 Å². The van der Waals surface area contributed by atoms with Gasteiger partial charge in [-0.05, 0) is 46.1 Å². The highest BCUT2D eigenvalue weighted by Crippen LogP contribution is 2.31. The molecule has 0 aliphatic rings. The van der Waals surface area contributed by atoms with Crippen LogP contribution in [-0.2, 0) is 4.79 Å². The summed E-state index contributed by atoms with van der Waals surface area (Å²) >= 11 is 3.38. The first kappa shape index (κ1) is 14.5. The molecule has 2 aromatic rings. The summed E-state index contributed by atoms with van der Waals surface area (Å²) in [5.74, 6) is 0.175. The fourth-order valence-electron chi connectivity index (χ4n) is 1.82. The fraction of sp³-hybridized carbons (Fsp3) is 0.125. The predicted molar refractivity (Wildman–Crippen MR) is 80.9 cm³/mol. The molecule has 0 fully saturated rings. The number of Topliss-reactive ketones (excluding diaryl/α,β-unsaturated/α-hetero) is 1. The second-order valence-electron chi connectivity index (χ2n) is 4.37. The lowest BCUT2D eigenvalue weighted by Crippen LogP contribution is -2.01. The maximum Gasteiger partial charge on any atom is 0.308 e. The first-order chi connectivity index (χ1) is 9.47. The van der Waals surface area contributed by atoms with Gasteiger partial charge in [-0.25, -0.2) is 0 Å². The summed E-state index contributed by atoms with van der Waals surface area (Å²) in [6, 6.07) is 12.9. The number of halogens is 1. The Labute approximate surface area is 125 Å². The quantitative estimate of drug-likeness (QED) is 0.479. The average molecular weight is 333 g/mol. The molecule has 0 aliphatic heterocycles. The number of carbonyl (C=O) groups excluding carboxylic acids is 2. The van der Waals surface area contributed by atoms with Crippen LogP contribution < -0.4 is 4.74 Å². The van der Waals surface area contributed by atoms with Gasteiger partial charge in [-0.1, -0.05) is 30.3 Å². The Morgan fingerprint density at radius 1 is 0.950 bits per heavy atom. The second-order valence-corrected chi connectivity index (χ2v) is 5.23. The van der Waals surface area contributed by atoms with Crippen molar-refractivity contribution in [3.05, 3.63) is 52.5 Å². The Morgan fingerprint density at radius 3 is 2.05 bits per heavy atom. The molecule has 3 nitrogen and oxygen atoms in total. The highest BCUT2D eigenvalue weighted by Gasteiger charge is 2.07. The van der Waals surface area contributed by atoms with Gasteiger partial charge in [0.15, 0.2) is 5.78 Å². The van der Waals surface area contributed by atoms with Crippen molar-refractivity contribution in [2.24, 2.45) is 0 Å². The first-order valence-electron chi connectivity index (χ1n) is 6.06. The van der Waals surface area contributed by atoms with E-state index < -0.39 is 0 Å². The van der Waals surface area contributed by atoms with E-state index in [-0.39, 0.29) is 11.8 Å². The summed E-state index contributed by atoms with van der Waals surface area (Å²) < 4.78 is 5.77. The lowest BCUT2D eigenvalue weighted by molar-refractivity contribution is -0.131. The minimum Gasteiger partial charge on any atom is -0.426 e. The highest BCUT2D eigenvalue weighted by molar-refractivity contribution is 9.10. The standard InChI is InChI=1S/C16H13BrO3/c1-10(18)12-3-5-13(6-4-12)14-7-8-16(15(17)9-14)20-11(2)19/h3-9H,1-2H3. The van der Waals surface area contributed by atoms with Gasteiger partial charge in [-0.2, -0.15) is 0 Å². The number of hydrogen-bond donors (Lipinski definition) is 0. The van der Waals surface area contributed by atoms with Crippen molar-refractivity contribution in [1.82, 2.24) is 0 Å². The largest absolute Gasteiger partial charge is 0.426 e. The van der Waals surface area contributed by atoms with Gasteiger partial charge in [0.1, 0.15) is 5.75 Å². The van der Waals surface area contributed by atoms with Crippen LogP contribution >= 0.6 is 15.9 Å². The van der Waals surface area contributed by atoms with Crippen molar-refractivity contribution >= 4 is 27.7 Å². The summed E-state index contributed by atoms with van der Waals surface area (Å²) in [5, 5.41) is 0. The van der Waals surface area contributed by atoms with Crippen LogP contribution in [0.1, 0.15) is 24.2 Å². The maximum absolute atomic E-state index is 11.2. The Morgan fingerprint density at radius 2 is 1.55 bits per heavy atom. The molecular weight excluding hydrogens is 320 g/mol. The zero-order valence-corrected chi connectivity index (χ0v) is 12.7. The molecule has 0 bridgehead atoms. The van der Waals surface area contributed by atoms with Crippen molar-refractivity contribution in [3.8, 4) is 16.9 Å². The van der Waals surface area contributed by atoms with Crippen LogP contribution in [0.15, 0.2) is 46.9 Å². The normalized spacial score (nSPS) is 10.2. The van der Waals surface area contributed by atoms with E-state index in [0.29, 0.717) is 15.8 Å². The summed E-state index contributed by atoms with van der Waals surface area (Å²) in [7, 11) is 0. The summed E-state index contributed by atoms with van der Waals surface area (Å²) in [6.45, 7) is 2.90. The minimum atomic E-state index is -0.357. The van der Waals surface area contributed by atoms with Gasteiger partial charge in [-0.3, -0.25) is 9.59 Å². The van der Waals surface area contributed by atoms with E-state index >= 15 is 0 Å². The number of ether oxygens (including phenoxy) is 1. The number of esters is 1. The minimum absolute atomic E-state index is 0.0444. The summed E-state index contributed by atoms with van der Waals surface area (Å²) in [5.41, 5.74) is 2.65. The van der Waals surface area contributed by atoms with Gasteiger partial charge >= 0.3 is 5.97 Å². The van der Waals surface area contributed by atoms with E-state index in [1.54, 1.807) is 25.1 Å². The first-order valence-corrected chi connectivity index (χ1v) is 6.86. The highest BCUT2D eigenvalue weighted by atomic mass is 79.9. The topological polar surface area (TPSA) is 43.4 Å². The molecule has 4 heteroatoms. The zero-order chi connectivity index (χ0) is 14.7. The molecule has 20 heavy (non-hydrogen) atoms. The molecule has 0 N–H and O–H groups in total. The van der Waals surface area contributed by atoms with Gasteiger partial charge in [0.25, 0.3) is 0 Å². The SMILES string of the molecule is CC(=O)Oc1ccc(-c2ccc(C(C)=O)cc2)cc1Br. The van der Waals surface area contributed by atoms with E-state index in [9.17, 15) is 9.59 Å². The number of rotatable bonds is 3. The van der Waals surface area contributed by atoms with Gasteiger partial charge in [0.05, 0.1) is 4.47 Å². The van der Waals surface area contributed by atoms with Crippen molar-refractivity contribution in [2.45, 2.75) is 13.8 Å². The third-order valence-electron chi connectivity index (χ3n) is 2.81. The van der Waals surface area contributed by atoms with E-state index in [1.807, 2.05) is 24.3 Å². The predicted octanol–water partition coefficient (Wildman–Crippen LogP) is 4.24. The molecule has 0 saturated heterocycles. The van der Waals surface area contributed by atoms with Gasteiger partial charge in [-0.15, -0.1) is 0 Å². The van der Waals surface area contributed by atoms with Crippen molar-refractivity contribution in [3.63, 3.8) is 0 Å². The number of hydrogen-bond acceptors (Lipinski definition) is 3. The Bertz CT molecular complexity index is 660. The number of benzene rings is 2. The summed E-state index contributed by atoms with van der Waals surface area (Å²) in [6.07, 6.45) is 0. The third-order valence-corrected chi connectivity index (χ3v) is 3.43. The maximum atomic E-state index is 11.2. The van der Waals surface area contributed by atoms with Crippen LogP contribution in [0.3, 0.4) is 0 Å². The van der Waals surface area contributed by atoms with Gasteiger partial charge in [0, 0.05) is 12.5 Å². The van der Waals surface area contributed by atoms with Crippen LogP contribution in [-0.4, -0.2) is 11.8 Å². The monoisotopic (exact) mass is 332 g/mol. The van der Waals surface area contributed by atoms with Crippen LogP contribution in [0, 0.1) is 0 Å². The summed E-state index contributed by atoms with van der Waals surface area (Å²) in [4.78, 5) is 22.2.